The van der Waals surface area contributed by atoms with Gasteiger partial charge in [-0.15, -0.1) is 0 Å². The van der Waals surface area contributed by atoms with Gasteiger partial charge in [-0.1, -0.05) is 13.8 Å². The lowest BCUT2D eigenvalue weighted by Gasteiger charge is -2.06. The van der Waals surface area contributed by atoms with Gasteiger partial charge in [0.2, 0.25) is 5.91 Å². The van der Waals surface area contributed by atoms with Crippen molar-refractivity contribution in [2.24, 2.45) is 5.92 Å². The SMILES string of the molecule is CC(C)CNC(=O)Cc1c[nH]c2ccc(F)cc12. The predicted octanol–water partition coefficient (Wildman–Crippen LogP) is 2.62. The summed E-state index contributed by atoms with van der Waals surface area (Å²) in [5.41, 5.74) is 1.67. The van der Waals surface area contributed by atoms with E-state index in [0.29, 0.717) is 12.5 Å². The van der Waals surface area contributed by atoms with Gasteiger partial charge < -0.3 is 10.3 Å². The summed E-state index contributed by atoms with van der Waals surface area (Å²) in [5.74, 6) is 0.106. The summed E-state index contributed by atoms with van der Waals surface area (Å²) in [4.78, 5) is 14.8. The van der Waals surface area contributed by atoms with Gasteiger partial charge in [0.1, 0.15) is 5.82 Å². The Morgan fingerprint density at radius 1 is 1.44 bits per heavy atom. The second kappa shape index (κ2) is 5.21. The molecule has 0 radical (unpaired) electrons. The first-order valence-corrected chi connectivity index (χ1v) is 6.08. The Morgan fingerprint density at radius 3 is 2.94 bits per heavy atom. The number of amides is 1. The molecule has 1 amide bonds. The van der Waals surface area contributed by atoms with E-state index in [-0.39, 0.29) is 18.1 Å². The standard InChI is InChI=1S/C14H17FN2O/c1-9(2)7-17-14(18)5-10-8-16-13-4-3-11(15)6-12(10)13/h3-4,6,8-9,16H,5,7H2,1-2H3,(H,17,18). The number of nitrogens with one attached hydrogen (secondary N) is 2. The quantitative estimate of drug-likeness (QED) is 0.858. The summed E-state index contributed by atoms with van der Waals surface area (Å²) < 4.78 is 13.2. The molecule has 1 heterocycles. The van der Waals surface area contributed by atoms with Crippen molar-refractivity contribution in [2.45, 2.75) is 20.3 Å². The van der Waals surface area contributed by atoms with E-state index in [1.165, 1.54) is 12.1 Å². The number of aromatic amines is 1. The Hall–Kier alpha value is -1.84. The van der Waals surface area contributed by atoms with E-state index in [9.17, 15) is 9.18 Å². The molecule has 18 heavy (non-hydrogen) atoms. The van der Waals surface area contributed by atoms with Crippen molar-refractivity contribution in [2.75, 3.05) is 6.54 Å². The average Bonchev–Trinajstić information content (AvgIpc) is 2.69. The number of fused-ring (bicyclic) bond motifs is 1. The number of carbonyl (C=O) groups is 1. The van der Waals surface area contributed by atoms with Crippen molar-refractivity contribution in [3.8, 4) is 0 Å². The van der Waals surface area contributed by atoms with Crippen LogP contribution in [0, 0.1) is 11.7 Å². The zero-order valence-corrected chi connectivity index (χ0v) is 10.6. The van der Waals surface area contributed by atoms with E-state index in [0.717, 1.165) is 16.5 Å². The molecule has 0 aliphatic carbocycles. The van der Waals surface area contributed by atoms with Gasteiger partial charge in [0.25, 0.3) is 0 Å². The number of aromatic nitrogens is 1. The van der Waals surface area contributed by atoms with Gasteiger partial charge in [-0.25, -0.2) is 4.39 Å². The number of hydrogen-bond donors (Lipinski definition) is 2. The minimum absolute atomic E-state index is 0.0335. The predicted molar refractivity (Wildman–Crippen MR) is 69.8 cm³/mol. The van der Waals surface area contributed by atoms with Crippen molar-refractivity contribution in [1.29, 1.82) is 0 Å². The molecule has 0 aliphatic rings. The molecule has 2 N–H and O–H groups in total. The largest absolute Gasteiger partial charge is 0.361 e. The second-order valence-corrected chi connectivity index (χ2v) is 4.88. The van der Waals surface area contributed by atoms with Crippen LogP contribution in [0.15, 0.2) is 24.4 Å². The highest BCUT2D eigenvalue weighted by atomic mass is 19.1. The third-order valence-corrected chi connectivity index (χ3v) is 2.79. The van der Waals surface area contributed by atoms with Crippen molar-refractivity contribution < 1.29 is 9.18 Å². The highest BCUT2D eigenvalue weighted by molar-refractivity contribution is 5.88. The van der Waals surface area contributed by atoms with Crippen LogP contribution >= 0.6 is 0 Å². The van der Waals surface area contributed by atoms with Crippen LogP contribution in [-0.2, 0) is 11.2 Å². The summed E-state index contributed by atoms with van der Waals surface area (Å²) in [6, 6.07) is 4.54. The van der Waals surface area contributed by atoms with E-state index in [4.69, 9.17) is 0 Å². The molecule has 4 heteroatoms. The van der Waals surface area contributed by atoms with Crippen molar-refractivity contribution in [3.05, 3.63) is 35.8 Å². The fraction of sp³-hybridized carbons (Fsp3) is 0.357. The Bertz CT molecular complexity index is 560. The molecule has 96 valence electrons. The maximum Gasteiger partial charge on any atom is 0.224 e. The van der Waals surface area contributed by atoms with E-state index in [1.807, 2.05) is 13.8 Å². The molecule has 1 aromatic heterocycles. The second-order valence-electron chi connectivity index (χ2n) is 4.88. The minimum Gasteiger partial charge on any atom is -0.361 e. The molecule has 0 unspecified atom stereocenters. The molecule has 0 fully saturated rings. The van der Waals surface area contributed by atoms with E-state index >= 15 is 0 Å². The van der Waals surface area contributed by atoms with Crippen molar-refractivity contribution in [3.63, 3.8) is 0 Å². The summed E-state index contributed by atoms with van der Waals surface area (Å²) in [5, 5.41) is 3.63. The van der Waals surface area contributed by atoms with Crippen LogP contribution < -0.4 is 5.32 Å². The van der Waals surface area contributed by atoms with Crippen molar-refractivity contribution in [1.82, 2.24) is 10.3 Å². The molecule has 0 atom stereocenters. The van der Waals surface area contributed by atoms with Crippen LogP contribution in [0.4, 0.5) is 4.39 Å². The number of benzene rings is 1. The Balaban J connectivity index is 2.12. The highest BCUT2D eigenvalue weighted by Gasteiger charge is 2.09. The van der Waals surface area contributed by atoms with Gasteiger partial charge in [0, 0.05) is 23.6 Å². The topological polar surface area (TPSA) is 44.9 Å². The normalized spacial score (nSPS) is 11.1. The lowest BCUT2D eigenvalue weighted by Crippen LogP contribution is -2.28. The minimum atomic E-state index is -0.286. The summed E-state index contributed by atoms with van der Waals surface area (Å²) in [6.07, 6.45) is 2.04. The first-order chi connectivity index (χ1) is 8.56. The number of carbonyl (C=O) groups excluding carboxylic acids is 1. The van der Waals surface area contributed by atoms with E-state index in [2.05, 4.69) is 10.3 Å². The Kier molecular flexibility index (Phi) is 3.65. The molecule has 3 nitrogen and oxygen atoms in total. The molecular formula is C14H17FN2O. The molecular weight excluding hydrogens is 231 g/mol. The van der Waals surface area contributed by atoms with Crippen LogP contribution in [0.2, 0.25) is 0 Å². The lowest BCUT2D eigenvalue weighted by atomic mass is 10.1. The smallest absolute Gasteiger partial charge is 0.224 e. The summed E-state index contributed by atoms with van der Waals surface area (Å²) >= 11 is 0. The van der Waals surface area contributed by atoms with Crippen molar-refractivity contribution >= 4 is 16.8 Å². The van der Waals surface area contributed by atoms with Gasteiger partial charge in [0.15, 0.2) is 0 Å². The third-order valence-electron chi connectivity index (χ3n) is 2.79. The summed E-state index contributed by atoms with van der Waals surface area (Å²) in [6.45, 7) is 4.75. The highest BCUT2D eigenvalue weighted by Crippen LogP contribution is 2.19. The van der Waals surface area contributed by atoms with Crippen LogP contribution in [0.1, 0.15) is 19.4 Å². The fourth-order valence-corrected chi connectivity index (χ4v) is 1.85. The first kappa shape index (κ1) is 12.6. The van der Waals surface area contributed by atoms with E-state index < -0.39 is 0 Å². The first-order valence-electron chi connectivity index (χ1n) is 6.08. The van der Waals surface area contributed by atoms with Gasteiger partial charge in [-0.2, -0.15) is 0 Å². The zero-order valence-electron chi connectivity index (χ0n) is 10.6. The molecule has 1 aromatic carbocycles. The number of rotatable bonds is 4. The van der Waals surface area contributed by atoms with E-state index in [1.54, 1.807) is 12.3 Å². The van der Waals surface area contributed by atoms with Crippen LogP contribution in [0.25, 0.3) is 10.9 Å². The zero-order chi connectivity index (χ0) is 13.1. The Morgan fingerprint density at radius 2 is 2.22 bits per heavy atom. The molecule has 2 rings (SSSR count). The van der Waals surface area contributed by atoms with Gasteiger partial charge >= 0.3 is 0 Å². The molecule has 2 aromatic rings. The van der Waals surface area contributed by atoms with Gasteiger partial charge in [-0.05, 0) is 29.7 Å². The molecule has 0 aliphatic heterocycles. The Labute approximate surface area is 105 Å². The fourth-order valence-electron chi connectivity index (χ4n) is 1.85. The average molecular weight is 248 g/mol. The number of halogens is 1. The summed E-state index contributed by atoms with van der Waals surface area (Å²) in [7, 11) is 0. The monoisotopic (exact) mass is 248 g/mol. The van der Waals surface area contributed by atoms with Gasteiger partial charge in [-0.3, -0.25) is 4.79 Å². The van der Waals surface area contributed by atoms with Crippen LogP contribution in [0.3, 0.4) is 0 Å². The van der Waals surface area contributed by atoms with Crippen LogP contribution in [-0.4, -0.2) is 17.4 Å². The van der Waals surface area contributed by atoms with Crippen LogP contribution in [0.5, 0.6) is 0 Å². The molecule has 0 saturated carbocycles. The maximum absolute atomic E-state index is 13.2. The third kappa shape index (κ3) is 2.88. The van der Waals surface area contributed by atoms with Gasteiger partial charge in [0.05, 0.1) is 6.42 Å². The molecule has 0 spiro atoms. The molecule has 0 bridgehead atoms. The number of H-pyrrole nitrogens is 1. The number of hydrogen-bond acceptors (Lipinski definition) is 1. The lowest BCUT2D eigenvalue weighted by molar-refractivity contribution is -0.120. The molecule has 0 saturated heterocycles. The maximum atomic E-state index is 13.2.